The Morgan fingerprint density at radius 1 is 1.26 bits per heavy atom. The Morgan fingerprint density at radius 2 is 1.91 bits per heavy atom. The molecule has 23 heavy (non-hydrogen) atoms. The summed E-state index contributed by atoms with van der Waals surface area (Å²) in [6, 6.07) is 10.6. The van der Waals surface area contributed by atoms with Crippen LogP contribution < -0.4 is 10.6 Å². The van der Waals surface area contributed by atoms with Gasteiger partial charge in [-0.05, 0) is 56.2 Å². The first-order valence-corrected chi connectivity index (χ1v) is 8.73. The fourth-order valence-electron chi connectivity index (χ4n) is 3.72. The lowest BCUT2D eigenvalue weighted by atomic mass is 9.84. The number of benzene rings is 1. The third-order valence-corrected chi connectivity index (χ3v) is 5.56. The van der Waals surface area contributed by atoms with Gasteiger partial charge in [0, 0.05) is 18.4 Å². The molecule has 1 aromatic carbocycles. The lowest BCUT2D eigenvalue weighted by Crippen LogP contribution is -2.36. The van der Waals surface area contributed by atoms with E-state index in [0.717, 1.165) is 19.6 Å². The largest absolute Gasteiger partial charge is 0.355 e. The van der Waals surface area contributed by atoms with Crippen molar-refractivity contribution in [2.24, 2.45) is 11.8 Å². The predicted molar refractivity (Wildman–Crippen MR) is 97.0 cm³/mol. The second-order valence-electron chi connectivity index (χ2n) is 7.19. The van der Waals surface area contributed by atoms with Crippen LogP contribution in [0.2, 0.25) is 0 Å². The first kappa shape index (κ1) is 18.3. The standard InChI is InChI=1S/C19H28N2O.ClH/c1-15(16-7-11-20-12-8-16)13-18(22)21-14-19(9-10-19)17-5-3-2-4-6-17;/h2-6,15-16,20H,7-14H2,1H3,(H,21,22);1H. The normalized spacial score (nSPS) is 21.1. The van der Waals surface area contributed by atoms with Gasteiger partial charge in [-0.1, -0.05) is 37.3 Å². The molecule has 1 heterocycles. The molecule has 2 aliphatic rings. The average Bonchev–Trinajstić information content (AvgIpc) is 3.36. The molecular weight excluding hydrogens is 308 g/mol. The second kappa shape index (κ2) is 8.16. The molecule has 1 aromatic rings. The Morgan fingerprint density at radius 3 is 2.52 bits per heavy atom. The molecule has 0 spiro atoms. The van der Waals surface area contributed by atoms with Gasteiger partial charge in [0.25, 0.3) is 0 Å². The molecule has 1 aliphatic carbocycles. The van der Waals surface area contributed by atoms with E-state index < -0.39 is 0 Å². The summed E-state index contributed by atoms with van der Waals surface area (Å²) >= 11 is 0. The Labute approximate surface area is 146 Å². The van der Waals surface area contributed by atoms with E-state index >= 15 is 0 Å². The Hall–Kier alpha value is -1.06. The fourth-order valence-corrected chi connectivity index (χ4v) is 3.72. The minimum atomic E-state index is 0. The first-order valence-electron chi connectivity index (χ1n) is 8.73. The van der Waals surface area contributed by atoms with E-state index in [1.807, 2.05) is 0 Å². The van der Waals surface area contributed by atoms with Crippen molar-refractivity contribution in [3.8, 4) is 0 Å². The van der Waals surface area contributed by atoms with Gasteiger partial charge in [0.15, 0.2) is 0 Å². The van der Waals surface area contributed by atoms with Crippen molar-refractivity contribution in [1.29, 1.82) is 0 Å². The molecule has 1 saturated heterocycles. The number of carbonyl (C=O) groups is 1. The quantitative estimate of drug-likeness (QED) is 0.837. The molecule has 0 bridgehead atoms. The number of halogens is 1. The molecule has 2 fully saturated rings. The van der Waals surface area contributed by atoms with Crippen LogP contribution in [0.15, 0.2) is 30.3 Å². The van der Waals surface area contributed by atoms with Crippen LogP contribution in [0, 0.1) is 11.8 Å². The summed E-state index contributed by atoms with van der Waals surface area (Å²) in [5.41, 5.74) is 1.59. The second-order valence-corrected chi connectivity index (χ2v) is 7.19. The van der Waals surface area contributed by atoms with E-state index in [-0.39, 0.29) is 23.7 Å². The van der Waals surface area contributed by atoms with Crippen molar-refractivity contribution in [1.82, 2.24) is 10.6 Å². The highest BCUT2D eigenvalue weighted by Crippen LogP contribution is 2.47. The third-order valence-electron chi connectivity index (χ3n) is 5.56. The molecular formula is C19H29ClN2O. The molecule has 1 saturated carbocycles. The molecule has 3 rings (SSSR count). The van der Waals surface area contributed by atoms with Gasteiger partial charge in [-0.3, -0.25) is 4.79 Å². The highest BCUT2D eigenvalue weighted by molar-refractivity contribution is 5.85. The van der Waals surface area contributed by atoms with E-state index in [9.17, 15) is 4.79 Å². The van der Waals surface area contributed by atoms with Gasteiger partial charge >= 0.3 is 0 Å². The summed E-state index contributed by atoms with van der Waals surface area (Å²) in [6.07, 6.45) is 5.49. The van der Waals surface area contributed by atoms with Crippen LogP contribution in [0.3, 0.4) is 0 Å². The number of carbonyl (C=O) groups excluding carboxylic acids is 1. The van der Waals surface area contributed by atoms with Crippen LogP contribution in [0.25, 0.3) is 0 Å². The van der Waals surface area contributed by atoms with Crippen LogP contribution in [-0.2, 0) is 10.2 Å². The van der Waals surface area contributed by atoms with E-state index in [4.69, 9.17) is 0 Å². The molecule has 0 aromatic heterocycles. The van der Waals surface area contributed by atoms with Crippen LogP contribution in [0.1, 0.15) is 44.6 Å². The summed E-state index contributed by atoms with van der Waals surface area (Å²) in [6.45, 7) is 5.25. The van der Waals surface area contributed by atoms with Crippen LogP contribution in [-0.4, -0.2) is 25.5 Å². The molecule has 1 unspecified atom stereocenters. The highest BCUT2D eigenvalue weighted by atomic mass is 35.5. The molecule has 1 atom stereocenters. The summed E-state index contributed by atoms with van der Waals surface area (Å²) in [5.74, 6) is 1.43. The zero-order valence-electron chi connectivity index (χ0n) is 14.0. The zero-order chi connectivity index (χ0) is 15.4. The van der Waals surface area contributed by atoms with Crippen molar-refractivity contribution in [2.75, 3.05) is 19.6 Å². The van der Waals surface area contributed by atoms with E-state index in [1.54, 1.807) is 0 Å². The maximum absolute atomic E-state index is 12.3. The molecule has 0 radical (unpaired) electrons. The number of rotatable bonds is 6. The summed E-state index contributed by atoms with van der Waals surface area (Å²) in [7, 11) is 0. The summed E-state index contributed by atoms with van der Waals surface area (Å²) < 4.78 is 0. The van der Waals surface area contributed by atoms with Crippen LogP contribution in [0.5, 0.6) is 0 Å². The van der Waals surface area contributed by atoms with Gasteiger partial charge < -0.3 is 10.6 Å². The average molecular weight is 337 g/mol. The minimum absolute atomic E-state index is 0. The SMILES string of the molecule is CC(CC(=O)NCC1(c2ccccc2)CC1)C1CCNCC1.Cl. The lowest BCUT2D eigenvalue weighted by Gasteiger charge is -2.28. The van der Waals surface area contributed by atoms with E-state index in [2.05, 4.69) is 47.9 Å². The van der Waals surface area contributed by atoms with Crippen molar-refractivity contribution in [3.05, 3.63) is 35.9 Å². The maximum Gasteiger partial charge on any atom is 0.220 e. The molecule has 1 aliphatic heterocycles. The van der Waals surface area contributed by atoms with Crippen molar-refractivity contribution in [3.63, 3.8) is 0 Å². The monoisotopic (exact) mass is 336 g/mol. The van der Waals surface area contributed by atoms with Gasteiger partial charge in [-0.15, -0.1) is 12.4 Å². The molecule has 2 N–H and O–H groups in total. The Balaban J connectivity index is 0.00000192. The number of nitrogens with one attached hydrogen (secondary N) is 2. The number of hydrogen-bond donors (Lipinski definition) is 2. The lowest BCUT2D eigenvalue weighted by molar-refractivity contribution is -0.122. The van der Waals surface area contributed by atoms with Crippen molar-refractivity contribution >= 4 is 18.3 Å². The Bertz CT molecular complexity index is 495. The van der Waals surface area contributed by atoms with Gasteiger partial charge in [0.2, 0.25) is 5.91 Å². The van der Waals surface area contributed by atoms with Gasteiger partial charge in [0.1, 0.15) is 0 Å². The van der Waals surface area contributed by atoms with Gasteiger partial charge in [0.05, 0.1) is 0 Å². The summed E-state index contributed by atoms with van der Waals surface area (Å²) in [5, 5.41) is 6.59. The predicted octanol–water partition coefficient (Wildman–Crippen LogP) is 3.28. The maximum atomic E-state index is 12.3. The molecule has 128 valence electrons. The number of piperidine rings is 1. The summed E-state index contributed by atoms with van der Waals surface area (Å²) in [4.78, 5) is 12.3. The first-order chi connectivity index (χ1) is 10.7. The van der Waals surface area contributed by atoms with Crippen molar-refractivity contribution in [2.45, 2.75) is 44.4 Å². The number of amides is 1. The molecule has 4 heteroatoms. The minimum Gasteiger partial charge on any atom is -0.355 e. The molecule has 3 nitrogen and oxygen atoms in total. The third kappa shape index (κ3) is 4.71. The van der Waals surface area contributed by atoms with E-state index in [1.165, 1.54) is 31.2 Å². The Kier molecular flexibility index (Phi) is 6.49. The van der Waals surface area contributed by atoms with Crippen LogP contribution in [0.4, 0.5) is 0 Å². The van der Waals surface area contributed by atoms with Crippen LogP contribution >= 0.6 is 12.4 Å². The van der Waals surface area contributed by atoms with Crippen molar-refractivity contribution < 1.29 is 4.79 Å². The number of hydrogen-bond acceptors (Lipinski definition) is 2. The van der Waals surface area contributed by atoms with Gasteiger partial charge in [-0.25, -0.2) is 0 Å². The topological polar surface area (TPSA) is 41.1 Å². The zero-order valence-corrected chi connectivity index (χ0v) is 14.8. The highest BCUT2D eigenvalue weighted by Gasteiger charge is 2.44. The van der Waals surface area contributed by atoms with E-state index in [0.29, 0.717) is 18.3 Å². The smallest absolute Gasteiger partial charge is 0.220 e. The van der Waals surface area contributed by atoms with Gasteiger partial charge in [-0.2, -0.15) is 0 Å². The fraction of sp³-hybridized carbons (Fsp3) is 0.632. The molecule has 1 amide bonds.